The highest BCUT2D eigenvalue weighted by atomic mass is 35.6. The first-order chi connectivity index (χ1) is 19.7. The van der Waals surface area contributed by atoms with Crippen LogP contribution in [0, 0.1) is 0 Å². The molecule has 0 unspecified atom stereocenters. The summed E-state index contributed by atoms with van der Waals surface area (Å²) in [6.45, 7) is 1.35. The predicted molar refractivity (Wildman–Crippen MR) is 149 cm³/mol. The lowest BCUT2D eigenvalue weighted by molar-refractivity contribution is -0.162. The van der Waals surface area contributed by atoms with Gasteiger partial charge in [-0.3, -0.25) is 4.90 Å². The van der Waals surface area contributed by atoms with Gasteiger partial charge in [-0.1, -0.05) is 65.1 Å². The second kappa shape index (κ2) is 11.1. The highest BCUT2D eigenvalue weighted by Crippen LogP contribution is 2.55. The Morgan fingerprint density at radius 3 is 2.61 bits per heavy atom. The second-order valence-electron chi connectivity index (χ2n) is 10.4. The standard InChI is InChI=1S/C29H28Cl3NO8/c1-36-22-14-28-9-5-10-33(28)11-8-18-12-20-21(39-16-38-20)13-19(18)23(28)25(22)40-26(34)24(17-6-3-2-4-7-17)41-27(35)37-15-29(30,31)32/h2-4,6-7,12-14,23-25H,5,8-11,15-16H2,1H3/t23-,24+,25-,28+/m1/s1. The van der Waals surface area contributed by atoms with Crippen LogP contribution < -0.4 is 9.47 Å². The Hall–Kier alpha value is -2.85. The summed E-state index contributed by atoms with van der Waals surface area (Å²) in [6, 6.07) is 12.5. The molecule has 9 nitrogen and oxygen atoms in total. The van der Waals surface area contributed by atoms with Gasteiger partial charge >= 0.3 is 12.1 Å². The molecule has 4 aliphatic rings. The fourth-order valence-corrected chi connectivity index (χ4v) is 6.60. The van der Waals surface area contributed by atoms with E-state index in [0.717, 1.165) is 43.5 Å². The van der Waals surface area contributed by atoms with E-state index in [2.05, 4.69) is 11.0 Å². The summed E-state index contributed by atoms with van der Waals surface area (Å²) in [4.78, 5) is 28.8. The summed E-state index contributed by atoms with van der Waals surface area (Å²) >= 11 is 17.1. The summed E-state index contributed by atoms with van der Waals surface area (Å²) in [6.07, 6.45) is 1.36. The molecule has 6 rings (SSSR count). The number of hydrogen-bond donors (Lipinski definition) is 0. The zero-order valence-corrected chi connectivity index (χ0v) is 24.4. The Morgan fingerprint density at radius 1 is 1.12 bits per heavy atom. The molecule has 41 heavy (non-hydrogen) atoms. The van der Waals surface area contributed by atoms with Crippen molar-refractivity contribution in [3.8, 4) is 11.5 Å². The van der Waals surface area contributed by atoms with Gasteiger partial charge in [-0.05, 0) is 55.1 Å². The summed E-state index contributed by atoms with van der Waals surface area (Å²) in [5.41, 5.74) is 2.10. The molecule has 4 atom stereocenters. The molecule has 12 heteroatoms. The molecule has 1 spiro atoms. The third-order valence-corrected chi connectivity index (χ3v) is 8.42. The predicted octanol–water partition coefficient (Wildman–Crippen LogP) is 5.61. The van der Waals surface area contributed by atoms with Crippen LogP contribution in [0.25, 0.3) is 0 Å². The van der Waals surface area contributed by atoms with Crippen LogP contribution in [0.5, 0.6) is 11.5 Å². The number of nitrogens with zero attached hydrogens (tertiary/aromatic N) is 1. The first-order valence-corrected chi connectivity index (χ1v) is 14.4. The van der Waals surface area contributed by atoms with Crippen molar-refractivity contribution in [2.24, 2.45) is 0 Å². The maximum Gasteiger partial charge on any atom is 0.509 e. The van der Waals surface area contributed by atoms with Gasteiger partial charge in [-0.15, -0.1) is 0 Å². The Morgan fingerprint density at radius 2 is 1.88 bits per heavy atom. The smallest absolute Gasteiger partial charge is 0.497 e. The fraction of sp³-hybridized carbons (Fsp3) is 0.448. The fourth-order valence-electron chi connectivity index (χ4n) is 6.43. The number of carbonyl (C=O) groups is 2. The molecular weight excluding hydrogens is 597 g/mol. The normalized spacial score (nSPS) is 25.2. The van der Waals surface area contributed by atoms with E-state index in [1.165, 1.54) is 0 Å². The van der Waals surface area contributed by atoms with Gasteiger partial charge in [0.2, 0.25) is 16.7 Å². The zero-order valence-electron chi connectivity index (χ0n) is 22.1. The molecule has 3 heterocycles. The molecule has 1 aliphatic carbocycles. The number of methoxy groups -OCH3 is 1. The lowest BCUT2D eigenvalue weighted by Gasteiger charge is -2.39. The van der Waals surface area contributed by atoms with Crippen molar-refractivity contribution in [3.63, 3.8) is 0 Å². The molecule has 2 aromatic rings. The summed E-state index contributed by atoms with van der Waals surface area (Å²) in [7, 11) is 1.56. The Kier molecular flexibility index (Phi) is 7.65. The summed E-state index contributed by atoms with van der Waals surface area (Å²) in [5.74, 6) is 0.818. The Labute approximate surface area is 252 Å². The number of fused-ring (bicyclic) bond motifs is 3. The van der Waals surface area contributed by atoms with Crippen LogP contribution in [-0.2, 0) is 30.2 Å². The molecule has 0 saturated carbocycles. The molecule has 1 fully saturated rings. The van der Waals surface area contributed by atoms with Crippen LogP contribution in [0.4, 0.5) is 4.79 Å². The van der Waals surface area contributed by atoms with E-state index >= 15 is 0 Å². The van der Waals surface area contributed by atoms with E-state index in [0.29, 0.717) is 22.8 Å². The minimum absolute atomic E-state index is 0.157. The third kappa shape index (κ3) is 5.41. The number of benzene rings is 2. The molecule has 0 radical (unpaired) electrons. The molecule has 0 N–H and O–H groups in total. The largest absolute Gasteiger partial charge is 0.509 e. The van der Waals surface area contributed by atoms with Crippen LogP contribution in [0.1, 0.15) is 41.6 Å². The van der Waals surface area contributed by atoms with Crippen LogP contribution in [0.3, 0.4) is 0 Å². The minimum Gasteiger partial charge on any atom is -0.497 e. The number of esters is 1. The molecule has 0 aromatic heterocycles. The van der Waals surface area contributed by atoms with Crippen molar-refractivity contribution in [2.75, 3.05) is 33.6 Å². The van der Waals surface area contributed by atoms with E-state index in [1.54, 1.807) is 37.4 Å². The van der Waals surface area contributed by atoms with Crippen LogP contribution in [0.15, 0.2) is 54.3 Å². The van der Waals surface area contributed by atoms with Gasteiger partial charge in [0.1, 0.15) is 12.4 Å². The highest BCUT2D eigenvalue weighted by molar-refractivity contribution is 6.67. The van der Waals surface area contributed by atoms with Crippen molar-refractivity contribution >= 4 is 46.9 Å². The quantitative estimate of drug-likeness (QED) is 0.300. The number of rotatable bonds is 6. The van der Waals surface area contributed by atoms with Gasteiger partial charge < -0.3 is 28.4 Å². The third-order valence-electron chi connectivity index (χ3n) is 8.09. The van der Waals surface area contributed by atoms with Crippen LogP contribution in [-0.4, -0.2) is 66.1 Å². The average molecular weight is 625 g/mol. The maximum atomic E-state index is 13.9. The van der Waals surface area contributed by atoms with Crippen molar-refractivity contribution in [1.82, 2.24) is 4.90 Å². The summed E-state index contributed by atoms with van der Waals surface area (Å²) < 4.78 is 32.0. The molecule has 1 saturated heterocycles. The van der Waals surface area contributed by atoms with Gasteiger partial charge in [-0.25, -0.2) is 9.59 Å². The van der Waals surface area contributed by atoms with E-state index in [4.69, 9.17) is 63.2 Å². The van der Waals surface area contributed by atoms with E-state index < -0.39 is 40.3 Å². The van der Waals surface area contributed by atoms with Crippen molar-refractivity contribution in [2.45, 2.75) is 46.7 Å². The number of carbonyl (C=O) groups excluding carboxylic acids is 2. The SMILES string of the molecule is COC1=C[C@]23CCCN2CCc2cc4c(cc2[C@@H]3[C@@H]1OC(=O)[C@@H](OC(=O)OCC(Cl)(Cl)Cl)c1ccccc1)OCO4. The molecule has 2 aromatic carbocycles. The zero-order chi connectivity index (χ0) is 28.8. The van der Waals surface area contributed by atoms with Gasteiger partial charge in [0, 0.05) is 12.1 Å². The second-order valence-corrected chi connectivity index (χ2v) is 12.9. The Balaban J connectivity index is 1.34. The first kappa shape index (κ1) is 28.3. The van der Waals surface area contributed by atoms with E-state index in [1.807, 2.05) is 12.1 Å². The number of alkyl halides is 3. The van der Waals surface area contributed by atoms with Gasteiger partial charge in [0.15, 0.2) is 17.6 Å². The number of hydrogen-bond acceptors (Lipinski definition) is 9. The maximum absolute atomic E-state index is 13.9. The van der Waals surface area contributed by atoms with Crippen LogP contribution in [0.2, 0.25) is 0 Å². The monoisotopic (exact) mass is 623 g/mol. The first-order valence-electron chi connectivity index (χ1n) is 13.3. The lowest BCUT2D eigenvalue weighted by atomic mass is 9.77. The summed E-state index contributed by atoms with van der Waals surface area (Å²) in [5, 5.41) is 0. The van der Waals surface area contributed by atoms with Crippen LogP contribution >= 0.6 is 34.8 Å². The van der Waals surface area contributed by atoms with Gasteiger partial charge in [0.25, 0.3) is 0 Å². The molecular formula is C29H28Cl3NO8. The van der Waals surface area contributed by atoms with E-state index in [9.17, 15) is 9.59 Å². The molecule has 0 amide bonds. The Bertz CT molecular complexity index is 1360. The van der Waals surface area contributed by atoms with Crippen molar-refractivity contribution < 1.29 is 38.0 Å². The minimum atomic E-state index is -1.84. The number of halogens is 3. The highest BCUT2D eigenvalue weighted by Gasteiger charge is 2.58. The number of ether oxygens (including phenoxy) is 6. The average Bonchev–Trinajstić information content (AvgIpc) is 3.64. The van der Waals surface area contributed by atoms with Crippen molar-refractivity contribution in [1.29, 1.82) is 0 Å². The molecule has 218 valence electrons. The lowest BCUT2D eigenvalue weighted by Crippen LogP contribution is -2.47. The van der Waals surface area contributed by atoms with Gasteiger partial charge in [-0.2, -0.15) is 0 Å². The van der Waals surface area contributed by atoms with E-state index in [-0.39, 0.29) is 12.7 Å². The molecule has 0 bridgehead atoms. The van der Waals surface area contributed by atoms with Crippen molar-refractivity contribution in [3.05, 3.63) is 71.0 Å². The molecule has 3 aliphatic heterocycles. The van der Waals surface area contributed by atoms with Gasteiger partial charge in [0.05, 0.1) is 18.6 Å². The topological polar surface area (TPSA) is 92.8 Å².